The molecule has 0 saturated heterocycles. The van der Waals surface area contributed by atoms with Gasteiger partial charge in [0, 0.05) is 6.61 Å². The second kappa shape index (κ2) is 4.82. The fraction of sp³-hybridized carbons (Fsp3) is 0.800. The molecule has 1 atom stereocenters. The molecule has 0 aliphatic rings. The van der Waals surface area contributed by atoms with E-state index in [-0.39, 0.29) is 0 Å². The van der Waals surface area contributed by atoms with Gasteiger partial charge in [-0.2, -0.15) is 0 Å². The van der Waals surface area contributed by atoms with E-state index in [1.807, 2.05) is 0 Å². The first kappa shape index (κ1) is 11.9. The Kier molecular flexibility index (Phi) is 4.79. The van der Waals surface area contributed by atoms with Crippen LogP contribution in [-0.2, 0) is 0 Å². The normalized spacial score (nSPS) is 16.3. The molecule has 0 amide bonds. The van der Waals surface area contributed by atoms with Crippen LogP contribution in [0.5, 0.6) is 0 Å². The van der Waals surface area contributed by atoms with Gasteiger partial charge in [0.15, 0.2) is 0 Å². The summed E-state index contributed by atoms with van der Waals surface area (Å²) in [5, 5.41) is 8.94. The monoisotopic (exact) mass is 186 g/mol. The highest BCUT2D eigenvalue weighted by atomic mass is 28.3. The van der Waals surface area contributed by atoms with Crippen LogP contribution in [0.1, 0.15) is 20.3 Å². The zero-order chi connectivity index (χ0) is 9.78. The molecule has 0 aromatic carbocycles. The molecule has 0 heterocycles. The number of hydrogen-bond acceptors (Lipinski definition) is 1. The fourth-order valence-electron chi connectivity index (χ4n) is 1.67. The average Bonchev–Trinajstić information content (AvgIpc) is 1.96. The van der Waals surface area contributed by atoms with Gasteiger partial charge in [-0.25, -0.2) is 0 Å². The summed E-state index contributed by atoms with van der Waals surface area (Å²) in [6.07, 6.45) is 3.12. The van der Waals surface area contributed by atoms with Crippen LogP contribution in [0.2, 0.25) is 25.2 Å². The van der Waals surface area contributed by atoms with Gasteiger partial charge in [-0.05, 0) is 25.8 Å². The van der Waals surface area contributed by atoms with Gasteiger partial charge in [0.1, 0.15) is 0 Å². The number of aliphatic hydroxyl groups is 1. The predicted octanol–water partition coefficient (Wildman–Crippen LogP) is 3.04. The summed E-state index contributed by atoms with van der Waals surface area (Å²) in [7, 11) is -1.12. The Morgan fingerprint density at radius 1 is 1.42 bits per heavy atom. The molecule has 1 N–H and O–H groups in total. The third-order valence-electron chi connectivity index (χ3n) is 2.47. The number of hydrogen-bond donors (Lipinski definition) is 1. The second-order valence-corrected chi connectivity index (χ2v) is 9.89. The maximum atomic E-state index is 8.94. The zero-order valence-electron chi connectivity index (χ0n) is 9.02. The van der Waals surface area contributed by atoms with Gasteiger partial charge in [0.05, 0.1) is 8.07 Å². The molecule has 0 bridgehead atoms. The summed E-state index contributed by atoms with van der Waals surface area (Å²) in [6, 6.07) is 0. The first-order chi connectivity index (χ1) is 5.43. The molecule has 0 unspecified atom stereocenters. The maximum Gasteiger partial charge on any atom is 0.0518 e. The van der Waals surface area contributed by atoms with Crippen molar-refractivity contribution in [2.75, 3.05) is 6.61 Å². The molecule has 0 saturated carbocycles. The highest BCUT2D eigenvalue weighted by Gasteiger charge is 2.26. The smallest absolute Gasteiger partial charge is 0.0518 e. The summed E-state index contributed by atoms with van der Waals surface area (Å²) in [5.41, 5.74) is 2.09. The van der Waals surface area contributed by atoms with E-state index in [4.69, 9.17) is 5.11 Å². The van der Waals surface area contributed by atoms with Gasteiger partial charge in [-0.1, -0.05) is 31.3 Å². The number of rotatable bonds is 4. The van der Waals surface area contributed by atoms with Gasteiger partial charge in [-0.15, -0.1) is 0 Å². The summed E-state index contributed by atoms with van der Waals surface area (Å²) < 4.78 is 0. The largest absolute Gasteiger partial charge is 0.396 e. The molecule has 0 rings (SSSR count). The van der Waals surface area contributed by atoms with Gasteiger partial charge >= 0.3 is 0 Å². The number of aliphatic hydroxyl groups excluding tert-OH is 1. The lowest BCUT2D eigenvalue weighted by Gasteiger charge is -2.29. The van der Waals surface area contributed by atoms with Crippen LogP contribution >= 0.6 is 0 Å². The minimum atomic E-state index is -1.12. The summed E-state index contributed by atoms with van der Waals surface area (Å²) in [6.45, 7) is 11.7. The molecule has 0 aliphatic heterocycles. The van der Waals surface area contributed by atoms with Crippen LogP contribution in [0.15, 0.2) is 11.6 Å². The summed E-state index contributed by atoms with van der Waals surface area (Å²) >= 11 is 0. The Morgan fingerprint density at radius 3 is 2.17 bits per heavy atom. The van der Waals surface area contributed by atoms with Crippen molar-refractivity contribution in [3.8, 4) is 0 Å². The standard InChI is InChI=1S/C10H22OSi/c1-6-9(2)10(7-8-11)12(3,4)5/h6,10-11H,7-8H2,1-5H3/b9-6+/t10-/m0/s1. The molecule has 0 spiro atoms. The summed E-state index contributed by atoms with van der Waals surface area (Å²) in [5.74, 6) is 0. The van der Waals surface area contributed by atoms with Crippen LogP contribution in [0.25, 0.3) is 0 Å². The Bertz CT molecular complexity index is 156. The van der Waals surface area contributed by atoms with Crippen molar-refractivity contribution < 1.29 is 5.11 Å². The van der Waals surface area contributed by atoms with Crippen LogP contribution in [0.4, 0.5) is 0 Å². The van der Waals surface area contributed by atoms with Crippen molar-refractivity contribution in [1.82, 2.24) is 0 Å². The topological polar surface area (TPSA) is 20.2 Å². The van der Waals surface area contributed by atoms with Crippen molar-refractivity contribution in [3.63, 3.8) is 0 Å². The molecule has 0 radical (unpaired) electrons. The quantitative estimate of drug-likeness (QED) is 0.528. The van der Waals surface area contributed by atoms with Gasteiger partial charge in [-0.3, -0.25) is 0 Å². The molecule has 12 heavy (non-hydrogen) atoms. The highest BCUT2D eigenvalue weighted by molar-refractivity contribution is 6.78. The van der Waals surface area contributed by atoms with Crippen LogP contribution in [0.3, 0.4) is 0 Å². The van der Waals surface area contributed by atoms with Crippen molar-refractivity contribution in [2.45, 2.75) is 45.5 Å². The molecular formula is C10H22OSi. The molecule has 1 nitrogen and oxygen atoms in total. The van der Waals surface area contributed by atoms with Crippen molar-refractivity contribution in [3.05, 3.63) is 11.6 Å². The van der Waals surface area contributed by atoms with Gasteiger partial charge in [0.2, 0.25) is 0 Å². The SMILES string of the molecule is C/C=C(\C)[C@H](CCO)[Si](C)(C)C. The van der Waals surface area contributed by atoms with E-state index < -0.39 is 8.07 Å². The van der Waals surface area contributed by atoms with Gasteiger partial charge in [0.25, 0.3) is 0 Å². The van der Waals surface area contributed by atoms with E-state index in [9.17, 15) is 0 Å². The maximum absolute atomic E-state index is 8.94. The molecule has 0 aromatic rings. The molecule has 0 aliphatic carbocycles. The van der Waals surface area contributed by atoms with Crippen LogP contribution < -0.4 is 0 Å². The molecule has 0 aromatic heterocycles. The highest BCUT2D eigenvalue weighted by Crippen LogP contribution is 2.32. The van der Waals surface area contributed by atoms with E-state index >= 15 is 0 Å². The molecular weight excluding hydrogens is 164 g/mol. The lowest BCUT2D eigenvalue weighted by molar-refractivity contribution is 0.287. The molecule has 2 heteroatoms. The predicted molar refractivity (Wildman–Crippen MR) is 58.2 cm³/mol. The van der Waals surface area contributed by atoms with Crippen molar-refractivity contribution in [2.24, 2.45) is 0 Å². The first-order valence-electron chi connectivity index (χ1n) is 4.67. The van der Waals surface area contributed by atoms with Crippen molar-refractivity contribution in [1.29, 1.82) is 0 Å². The third kappa shape index (κ3) is 3.54. The second-order valence-electron chi connectivity index (χ2n) is 4.46. The Morgan fingerprint density at radius 2 is 1.92 bits per heavy atom. The third-order valence-corrected chi connectivity index (χ3v) is 5.30. The summed E-state index contributed by atoms with van der Waals surface area (Å²) in [4.78, 5) is 0. The molecule has 72 valence electrons. The zero-order valence-corrected chi connectivity index (χ0v) is 10.0. The minimum Gasteiger partial charge on any atom is -0.396 e. The van der Waals surface area contributed by atoms with Crippen LogP contribution in [0, 0.1) is 0 Å². The number of allylic oxidation sites excluding steroid dienone is 2. The lowest BCUT2D eigenvalue weighted by atomic mass is 10.1. The van der Waals surface area contributed by atoms with Gasteiger partial charge < -0.3 is 5.11 Å². The van der Waals surface area contributed by atoms with Crippen molar-refractivity contribution >= 4 is 8.07 Å². The van der Waals surface area contributed by atoms with Crippen LogP contribution in [-0.4, -0.2) is 19.8 Å². The Hall–Kier alpha value is -0.0831. The van der Waals surface area contributed by atoms with E-state index in [1.165, 1.54) is 5.57 Å². The van der Waals surface area contributed by atoms with E-state index in [1.54, 1.807) is 0 Å². The van der Waals surface area contributed by atoms with E-state index in [2.05, 4.69) is 39.6 Å². The average molecular weight is 186 g/mol. The van der Waals surface area contributed by atoms with E-state index in [0.717, 1.165) is 6.42 Å². The Labute approximate surface area is 77.5 Å². The lowest BCUT2D eigenvalue weighted by Crippen LogP contribution is -2.29. The Balaban J connectivity index is 4.44. The molecule has 0 fully saturated rings. The van der Waals surface area contributed by atoms with E-state index in [0.29, 0.717) is 12.1 Å². The first-order valence-corrected chi connectivity index (χ1v) is 8.25. The fourth-order valence-corrected chi connectivity index (χ4v) is 4.20. The minimum absolute atomic E-state index is 0.320.